The Hall–Kier alpha value is -2.31. The SMILES string of the molecule is C=C(C)C(=O)OCCNC(=O)OCC=C(CC)OC(C)=O. The van der Waals surface area contributed by atoms with Gasteiger partial charge in [0.15, 0.2) is 0 Å². The molecule has 0 aliphatic rings. The molecule has 0 heterocycles. The van der Waals surface area contributed by atoms with Crippen molar-refractivity contribution < 1.29 is 28.6 Å². The van der Waals surface area contributed by atoms with E-state index in [-0.39, 0.29) is 19.8 Å². The number of amides is 1. The number of hydrogen-bond donors (Lipinski definition) is 1. The molecular weight excluding hydrogens is 278 g/mol. The van der Waals surface area contributed by atoms with Gasteiger partial charge in [0, 0.05) is 18.9 Å². The molecule has 0 aromatic carbocycles. The molecule has 1 N–H and O–H groups in total. The Morgan fingerprint density at radius 2 is 1.86 bits per heavy atom. The molecule has 7 nitrogen and oxygen atoms in total. The molecule has 7 heteroatoms. The maximum Gasteiger partial charge on any atom is 0.407 e. The molecule has 0 radical (unpaired) electrons. The van der Waals surface area contributed by atoms with Crippen LogP contribution in [0.1, 0.15) is 27.2 Å². The largest absolute Gasteiger partial charge is 0.460 e. The second kappa shape index (κ2) is 10.5. The topological polar surface area (TPSA) is 90.9 Å². The van der Waals surface area contributed by atoms with Crippen molar-refractivity contribution in [1.29, 1.82) is 0 Å². The Morgan fingerprint density at radius 3 is 2.38 bits per heavy atom. The number of alkyl carbamates (subject to hydrolysis) is 1. The summed E-state index contributed by atoms with van der Waals surface area (Å²) in [5, 5.41) is 2.40. The Morgan fingerprint density at radius 1 is 1.19 bits per heavy atom. The molecule has 0 bridgehead atoms. The summed E-state index contributed by atoms with van der Waals surface area (Å²) in [5.41, 5.74) is 0.292. The van der Waals surface area contributed by atoms with E-state index in [0.29, 0.717) is 17.8 Å². The standard InChI is InChI=1S/C14H21NO6/c1-5-12(21-11(4)16)6-8-20-14(18)15-7-9-19-13(17)10(2)3/h6H,2,5,7-9H2,1,3-4H3,(H,15,18). The van der Waals surface area contributed by atoms with E-state index in [1.807, 2.05) is 6.92 Å². The van der Waals surface area contributed by atoms with E-state index < -0.39 is 18.0 Å². The molecule has 0 unspecified atom stereocenters. The van der Waals surface area contributed by atoms with E-state index in [2.05, 4.69) is 11.9 Å². The molecule has 0 saturated carbocycles. The molecule has 118 valence electrons. The lowest BCUT2D eigenvalue weighted by molar-refractivity contribution is -0.139. The smallest absolute Gasteiger partial charge is 0.407 e. The fraction of sp³-hybridized carbons (Fsp3) is 0.500. The van der Waals surface area contributed by atoms with Crippen molar-refractivity contribution in [3.05, 3.63) is 24.0 Å². The van der Waals surface area contributed by atoms with Crippen molar-refractivity contribution in [1.82, 2.24) is 5.32 Å². The minimum absolute atomic E-state index is 0.0200. The molecule has 21 heavy (non-hydrogen) atoms. The molecule has 0 aliphatic carbocycles. The second-order valence-corrected chi connectivity index (χ2v) is 4.06. The molecule has 0 fully saturated rings. The van der Waals surface area contributed by atoms with Gasteiger partial charge in [0.05, 0.1) is 6.54 Å². The molecule has 0 aliphatic heterocycles. The third-order valence-electron chi connectivity index (χ3n) is 2.10. The molecule has 0 rings (SSSR count). The van der Waals surface area contributed by atoms with Crippen LogP contribution in [0.25, 0.3) is 0 Å². The summed E-state index contributed by atoms with van der Waals surface area (Å²) in [4.78, 5) is 33.1. The van der Waals surface area contributed by atoms with Crippen LogP contribution in [0.4, 0.5) is 4.79 Å². The van der Waals surface area contributed by atoms with Gasteiger partial charge in [0.2, 0.25) is 0 Å². The number of nitrogens with one attached hydrogen (secondary N) is 1. The summed E-state index contributed by atoms with van der Waals surface area (Å²) in [6, 6.07) is 0. The average molecular weight is 299 g/mol. The fourth-order valence-corrected chi connectivity index (χ4v) is 1.12. The van der Waals surface area contributed by atoms with Gasteiger partial charge in [-0.05, 0) is 13.0 Å². The quantitative estimate of drug-likeness (QED) is 0.241. The first kappa shape index (κ1) is 18.7. The highest BCUT2D eigenvalue weighted by atomic mass is 16.6. The number of rotatable bonds is 8. The van der Waals surface area contributed by atoms with Gasteiger partial charge in [-0.3, -0.25) is 4.79 Å². The highest BCUT2D eigenvalue weighted by molar-refractivity contribution is 5.86. The number of ether oxygens (including phenoxy) is 3. The van der Waals surface area contributed by atoms with Crippen molar-refractivity contribution in [2.24, 2.45) is 0 Å². The molecule has 0 saturated heterocycles. The Bertz CT molecular complexity index is 427. The second-order valence-electron chi connectivity index (χ2n) is 4.06. The Kier molecular flexibility index (Phi) is 9.32. The maximum absolute atomic E-state index is 11.3. The lowest BCUT2D eigenvalue weighted by atomic mass is 10.3. The molecule has 0 spiro atoms. The van der Waals surface area contributed by atoms with E-state index in [1.165, 1.54) is 19.9 Å². The summed E-state index contributed by atoms with van der Waals surface area (Å²) in [6.07, 6.45) is 1.36. The molecule has 0 aromatic rings. The normalized spacial score (nSPS) is 10.5. The first-order valence-electron chi connectivity index (χ1n) is 6.47. The van der Waals surface area contributed by atoms with Crippen LogP contribution in [0, 0.1) is 0 Å². The molecule has 1 amide bonds. The van der Waals surface area contributed by atoms with Gasteiger partial charge in [-0.15, -0.1) is 0 Å². The third-order valence-corrected chi connectivity index (χ3v) is 2.10. The van der Waals surface area contributed by atoms with E-state index in [9.17, 15) is 14.4 Å². The number of hydrogen-bond acceptors (Lipinski definition) is 6. The number of carbonyl (C=O) groups is 3. The van der Waals surface area contributed by atoms with Crippen LogP contribution in [0.5, 0.6) is 0 Å². The zero-order valence-corrected chi connectivity index (χ0v) is 12.6. The highest BCUT2D eigenvalue weighted by Crippen LogP contribution is 2.02. The highest BCUT2D eigenvalue weighted by Gasteiger charge is 2.05. The van der Waals surface area contributed by atoms with Gasteiger partial charge in [0.1, 0.15) is 19.0 Å². The van der Waals surface area contributed by atoms with Crippen LogP contribution in [-0.4, -0.2) is 37.8 Å². The van der Waals surface area contributed by atoms with Crippen LogP contribution in [0.3, 0.4) is 0 Å². The van der Waals surface area contributed by atoms with Gasteiger partial charge in [-0.2, -0.15) is 0 Å². The van der Waals surface area contributed by atoms with Gasteiger partial charge in [0.25, 0.3) is 0 Å². The van der Waals surface area contributed by atoms with Crippen LogP contribution in [0.2, 0.25) is 0 Å². The van der Waals surface area contributed by atoms with Crippen molar-refractivity contribution in [3.8, 4) is 0 Å². The fourth-order valence-electron chi connectivity index (χ4n) is 1.12. The van der Waals surface area contributed by atoms with Crippen LogP contribution in [-0.2, 0) is 23.8 Å². The van der Waals surface area contributed by atoms with Crippen molar-refractivity contribution in [3.63, 3.8) is 0 Å². The number of esters is 2. The van der Waals surface area contributed by atoms with Gasteiger partial charge < -0.3 is 19.5 Å². The zero-order valence-electron chi connectivity index (χ0n) is 12.6. The monoisotopic (exact) mass is 299 g/mol. The first-order chi connectivity index (χ1) is 9.86. The summed E-state index contributed by atoms with van der Waals surface area (Å²) in [7, 11) is 0. The third kappa shape index (κ3) is 10.2. The maximum atomic E-state index is 11.3. The minimum atomic E-state index is -0.657. The average Bonchev–Trinajstić information content (AvgIpc) is 2.41. The lowest BCUT2D eigenvalue weighted by Crippen LogP contribution is -2.28. The molecular formula is C14H21NO6. The van der Waals surface area contributed by atoms with E-state index in [4.69, 9.17) is 14.2 Å². The van der Waals surface area contributed by atoms with Gasteiger partial charge in [-0.25, -0.2) is 9.59 Å². The van der Waals surface area contributed by atoms with Crippen LogP contribution >= 0.6 is 0 Å². The molecule has 0 aromatic heterocycles. The number of carbonyl (C=O) groups excluding carboxylic acids is 3. The Labute approximate surface area is 123 Å². The van der Waals surface area contributed by atoms with E-state index in [1.54, 1.807) is 0 Å². The van der Waals surface area contributed by atoms with Crippen molar-refractivity contribution in [2.45, 2.75) is 27.2 Å². The minimum Gasteiger partial charge on any atom is -0.460 e. The number of allylic oxidation sites excluding steroid dienone is 1. The van der Waals surface area contributed by atoms with E-state index in [0.717, 1.165) is 0 Å². The van der Waals surface area contributed by atoms with Gasteiger partial charge in [-0.1, -0.05) is 13.5 Å². The zero-order chi connectivity index (χ0) is 16.3. The summed E-state index contributed by atoms with van der Waals surface area (Å²) < 4.78 is 14.5. The predicted molar refractivity (Wildman–Crippen MR) is 75.3 cm³/mol. The first-order valence-corrected chi connectivity index (χ1v) is 6.47. The lowest BCUT2D eigenvalue weighted by Gasteiger charge is -2.07. The van der Waals surface area contributed by atoms with Crippen LogP contribution in [0.15, 0.2) is 24.0 Å². The summed E-state index contributed by atoms with van der Waals surface area (Å²) in [5.74, 6) is -0.500. The van der Waals surface area contributed by atoms with E-state index >= 15 is 0 Å². The van der Waals surface area contributed by atoms with Crippen molar-refractivity contribution in [2.75, 3.05) is 19.8 Å². The molecule has 0 atom stereocenters. The Balaban J connectivity index is 3.85. The van der Waals surface area contributed by atoms with Crippen molar-refractivity contribution >= 4 is 18.0 Å². The summed E-state index contributed by atoms with van der Waals surface area (Å²) in [6.45, 7) is 8.21. The van der Waals surface area contributed by atoms with Gasteiger partial charge >= 0.3 is 18.0 Å². The predicted octanol–water partition coefficient (Wildman–Crippen LogP) is 1.69. The van der Waals surface area contributed by atoms with Crippen LogP contribution < -0.4 is 5.32 Å². The summed E-state index contributed by atoms with van der Waals surface area (Å²) >= 11 is 0.